The van der Waals surface area contributed by atoms with Gasteiger partial charge in [-0.3, -0.25) is 0 Å². The summed E-state index contributed by atoms with van der Waals surface area (Å²) in [6, 6.07) is 11.3. The Balaban J connectivity index is 1.52. The van der Waals surface area contributed by atoms with Gasteiger partial charge in [0.05, 0.1) is 15.7 Å². The molecule has 1 atom stereocenters. The zero-order valence-electron chi connectivity index (χ0n) is 18.0. The predicted molar refractivity (Wildman–Crippen MR) is 136 cm³/mol. The van der Waals surface area contributed by atoms with E-state index in [0.717, 1.165) is 59.8 Å². The normalized spacial score (nSPS) is 16.2. The first-order valence-corrected chi connectivity index (χ1v) is 12.6. The first kappa shape index (κ1) is 23.4. The Hall–Kier alpha value is -2.39. The zero-order chi connectivity index (χ0) is 23.7. The monoisotopic (exact) mass is 519 g/mol. The van der Waals surface area contributed by atoms with Crippen molar-refractivity contribution in [3.05, 3.63) is 75.9 Å². The molecule has 1 fully saturated rings. The molecule has 176 valence electrons. The molecule has 5 nitrogen and oxygen atoms in total. The summed E-state index contributed by atoms with van der Waals surface area (Å²) in [5.41, 5.74) is 2.98. The van der Waals surface area contributed by atoms with Crippen molar-refractivity contribution in [2.75, 3.05) is 24.2 Å². The average molecular weight is 520 g/mol. The Morgan fingerprint density at radius 2 is 1.94 bits per heavy atom. The number of anilines is 1. The van der Waals surface area contributed by atoms with Gasteiger partial charge in [-0.15, -0.1) is 0 Å². The van der Waals surface area contributed by atoms with E-state index >= 15 is 0 Å². The Labute approximate surface area is 209 Å². The van der Waals surface area contributed by atoms with Crippen LogP contribution in [0.4, 0.5) is 14.7 Å². The van der Waals surface area contributed by atoms with Crippen LogP contribution in [0.3, 0.4) is 0 Å². The number of hydrogen-bond donors (Lipinski definition) is 2. The largest absolute Gasteiger partial charge is 0.350 e. The van der Waals surface area contributed by atoms with E-state index in [0.29, 0.717) is 26.8 Å². The molecule has 2 aromatic heterocycles. The van der Waals surface area contributed by atoms with Crippen molar-refractivity contribution >= 4 is 51.9 Å². The zero-order valence-corrected chi connectivity index (χ0v) is 20.3. The van der Waals surface area contributed by atoms with E-state index in [-0.39, 0.29) is 6.54 Å². The lowest BCUT2D eigenvalue weighted by molar-refractivity contribution is 0.507. The van der Waals surface area contributed by atoms with Crippen LogP contribution in [0, 0.1) is 11.6 Å². The van der Waals surface area contributed by atoms with Crippen molar-refractivity contribution in [2.24, 2.45) is 0 Å². The lowest BCUT2D eigenvalue weighted by atomic mass is 10.1. The third-order valence-electron chi connectivity index (χ3n) is 5.68. The van der Waals surface area contributed by atoms with Crippen molar-refractivity contribution in [1.29, 1.82) is 0 Å². The first-order chi connectivity index (χ1) is 16.5. The number of rotatable bonds is 6. The van der Waals surface area contributed by atoms with Crippen LogP contribution < -0.4 is 10.6 Å². The Bertz CT molecular complexity index is 1320. The van der Waals surface area contributed by atoms with Crippen LogP contribution in [0.1, 0.15) is 5.56 Å². The van der Waals surface area contributed by atoms with E-state index in [1.54, 1.807) is 6.20 Å². The number of halogens is 4. The summed E-state index contributed by atoms with van der Waals surface area (Å²) < 4.78 is 28.9. The Morgan fingerprint density at radius 3 is 2.68 bits per heavy atom. The summed E-state index contributed by atoms with van der Waals surface area (Å²) in [7, 11) is 0. The van der Waals surface area contributed by atoms with Gasteiger partial charge >= 0.3 is 0 Å². The summed E-state index contributed by atoms with van der Waals surface area (Å²) in [4.78, 5) is 9.17. The van der Waals surface area contributed by atoms with Crippen molar-refractivity contribution < 1.29 is 8.78 Å². The third-order valence-corrected chi connectivity index (χ3v) is 7.54. The molecule has 0 saturated carbocycles. The standard InChI is InChI=1S/C24H21Cl2F2N5S/c25-17-2-1-3-18(26)22(17)21-9-15-11-31-24(30-10-14-4-5-19(27)20(28)8-14)32-23(15)33(21)13-16-12-29-6-7-34-16/h1-5,8-9,11,16,29H,6-7,10,12-13H2,(H,30,31,32)/t16-/m0/s1. The Kier molecular flexibility index (Phi) is 6.92. The van der Waals surface area contributed by atoms with Gasteiger partial charge in [-0.1, -0.05) is 35.3 Å². The molecule has 2 aromatic carbocycles. The summed E-state index contributed by atoms with van der Waals surface area (Å²) >= 11 is 15.0. The molecule has 0 unspecified atom stereocenters. The minimum atomic E-state index is -0.885. The molecule has 1 aliphatic heterocycles. The highest BCUT2D eigenvalue weighted by Crippen LogP contribution is 2.38. The van der Waals surface area contributed by atoms with Crippen LogP contribution in [0.25, 0.3) is 22.3 Å². The molecule has 1 saturated heterocycles. The lowest BCUT2D eigenvalue weighted by Gasteiger charge is -2.24. The van der Waals surface area contributed by atoms with Crippen molar-refractivity contribution in [1.82, 2.24) is 19.9 Å². The number of fused-ring (bicyclic) bond motifs is 1. The van der Waals surface area contributed by atoms with Gasteiger partial charge in [0.15, 0.2) is 11.6 Å². The molecule has 3 heterocycles. The van der Waals surface area contributed by atoms with Crippen LogP contribution >= 0.6 is 35.0 Å². The second kappa shape index (κ2) is 10.1. The van der Waals surface area contributed by atoms with Gasteiger partial charge in [-0.2, -0.15) is 16.7 Å². The average Bonchev–Trinajstić information content (AvgIpc) is 3.17. The lowest BCUT2D eigenvalue weighted by Crippen LogP contribution is -2.35. The molecule has 1 aliphatic rings. The van der Waals surface area contributed by atoms with Gasteiger partial charge in [-0.05, 0) is 35.9 Å². The van der Waals surface area contributed by atoms with Gasteiger partial charge < -0.3 is 15.2 Å². The van der Waals surface area contributed by atoms with Gasteiger partial charge in [0.1, 0.15) is 5.65 Å². The molecular formula is C24H21Cl2F2N5S. The smallest absolute Gasteiger partial charge is 0.224 e. The molecule has 2 N–H and O–H groups in total. The first-order valence-electron chi connectivity index (χ1n) is 10.8. The van der Waals surface area contributed by atoms with E-state index in [1.165, 1.54) is 6.07 Å². The van der Waals surface area contributed by atoms with E-state index in [1.807, 2.05) is 36.0 Å². The van der Waals surface area contributed by atoms with Gasteiger partial charge in [0.2, 0.25) is 5.95 Å². The second-order valence-electron chi connectivity index (χ2n) is 8.01. The Morgan fingerprint density at radius 1 is 1.12 bits per heavy atom. The highest BCUT2D eigenvalue weighted by molar-refractivity contribution is 8.00. The highest BCUT2D eigenvalue weighted by Gasteiger charge is 2.22. The van der Waals surface area contributed by atoms with Crippen molar-refractivity contribution in [2.45, 2.75) is 18.3 Å². The number of aromatic nitrogens is 3. The molecule has 0 bridgehead atoms. The highest BCUT2D eigenvalue weighted by atomic mass is 35.5. The fraction of sp³-hybridized carbons (Fsp3) is 0.250. The quantitative estimate of drug-likeness (QED) is 0.327. The van der Waals surface area contributed by atoms with Gasteiger partial charge in [-0.25, -0.2) is 13.8 Å². The fourth-order valence-corrected chi connectivity index (χ4v) is 5.71. The van der Waals surface area contributed by atoms with E-state index in [9.17, 15) is 8.78 Å². The summed E-state index contributed by atoms with van der Waals surface area (Å²) in [5, 5.41) is 8.90. The summed E-state index contributed by atoms with van der Waals surface area (Å²) in [6.45, 7) is 2.87. The molecule has 0 spiro atoms. The maximum Gasteiger partial charge on any atom is 0.224 e. The maximum absolute atomic E-state index is 13.6. The molecule has 10 heteroatoms. The summed E-state index contributed by atoms with van der Waals surface area (Å²) in [5.74, 6) is -0.325. The number of benzene rings is 2. The third kappa shape index (κ3) is 4.86. The van der Waals surface area contributed by atoms with Crippen LogP contribution in [-0.4, -0.2) is 38.6 Å². The molecule has 34 heavy (non-hydrogen) atoms. The van der Waals surface area contributed by atoms with E-state index < -0.39 is 11.6 Å². The second-order valence-corrected chi connectivity index (χ2v) is 10.2. The topological polar surface area (TPSA) is 54.8 Å². The number of nitrogens with one attached hydrogen (secondary N) is 2. The number of hydrogen-bond acceptors (Lipinski definition) is 5. The molecule has 4 aromatic rings. The maximum atomic E-state index is 13.6. The van der Waals surface area contributed by atoms with Crippen molar-refractivity contribution in [3.63, 3.8) is 0 Å². The van der Waals surface area contributed by atoms with E-state index in [4.69, 9.17) is 28.2 Å². The van der Waals surface area contributed by atoms with Crippen molar-refractivity contribution in [3.8, 4) is 11.3 Å². The molecule has 0 radical (unpaired) electrons. The molecular weight excluding hydrogens is 499 g/mol. The molecule has 5 rings (SSSR count). The summed E-state index contributed by atoms with van der Waals surface area (Å²) in [6.07, 6.45) is 1.74. The predicted octanol–water partition coefficient (Wildman–Crippen LogP) is 6.00. The minimum absolute atomic E-state index is 0.259. The SMILES string of the molecule is Fc1ccc(CNc2ncc3cc(-c4c(Cl)cccc4Cl)n(C[C@@H]4CNCCS4)c3n2)cc1F. The minimum Gasteiger partial charge on any atom is -0.350 e. The number of nitrogens with zero attached hydrogens (tertiary/aromatic N) is 3. The van der Waals surface area contributed by atoms with Gasteiger partial charge in [0, 0.05) is 54.3 Å². The fourth-order valence-electron chi connectivity index (χ4n) is 4.03. The molecule has 0 amide bonds. The molecule has 0 aliphatic carbocycles. The van der Waals surface area contributed by atoms with Crippen LogP contribution in [0.15, 0.2) is 48.7 Å². The van der Waals surface area contributed by atoms with Crippen LogP contribution in [0.5, 0.6) is 0 Å². The van der Waals surface area contributed by atoms with Crippen LogP contribution in [-0.2, 0) is 13.1 Å². The number of thioether (sulfide) groups is 1. The van der Waals surface area contributed by atoms with E-state index in [2.05, 4.69) is 20.2 Å². The van der Waals surface area contributed by atoms with Crippen LogP contribution in [0.2, 0.25) is 10.0 Å². The van der Waals surface area contributed by atoms with Gasteiger partial charge in [0.25, 0.3) is 0 Å².